The van der Waals surface area contributed by atoms with E-state index in [1.165, 1.54) is 0 Å². The molecule has 1 aromatic rings. The Morgan fingerprint density at radius 3 is 2.86 bits per heavy atom. The molecule has 7 nitrogen and oxygen atoms in total. The molecule has 2 rings (SSSR count). The van der Waals surface area contributed by atoms with Crippen LogP contribution in [0.5, 0.6) is 0 Å². The molecule has 1 aromatic heterocycles. The standard InChI is InChI=1S/C13H23N3O4S/c1-10-13(11(2)20-15-10)21(17,18)14-9-12-5-4-6-16(12)7-8-19-3/h12,14H,4-9H2,1-3H3. The molecule has 1 fully saturated rings. The van der Waals surface area contributed by atoms with Crippen molar-refractivity contribution in [2.45, 2.75) is 37.6 Å². The first-order chi connectivity index (χ1) is 9.95. The Morgan fingerprint density at radius 1 is 1.48 bits per heavy atom. The third-order valence-electron chi connectivity index (χ3n) is 3.83. The summed E-state index contributed by atoms with van der Waals surface area (Å²) < 4.78 is 37.4. The summed E-state index contributed by atoms with van der Waals surface area (Å²) in [6, 6.07) is 0.218. The number of rotatable bonds is 7. The van der Waals surface area contributed by atoms with Crippen molar-refractivity contribution in [3.05, 3.63) is 11.5 Å². The van der Waals surface area contributed by atoms with Gasteiger partial charge in [0.05, 0.1) is 6.61 Å². The molecule has 0 aromatic carbocycles. The van der Waals surface area contributed by atoms with E-state index in [2.05, 4.69) is 14.8 Å². The Hall–Kier alpha value is -0.960. The van der Waals surface area contributed by atoms with Crippen LogP contribution in [0.15, 0.2) is 9.42 Å². The quantitative estimate of drug-likeness (QED) is 0.796. The van der Waals surface area contributed by atoms with Gasteiger partial charge in [0.1, 0.15) is 10.6 Å². The number of aryl methyl sites for hydroxylation is 2. The average molecular weight is 317 g/mol. The van der Waals surface area contributed by atoms with Crippen LogP contribution in [0, 0.1) is 13.8 Å². The maximum absolute atomic E-state index is 12.4. The molecule has 1 aliphatic rings. The van der Waals surface area contributed by atoms with E-state index in [9.17, 15) is 8.42 Å². The molecule has 1 N–H and O–H groups in total. The fourth-order valence-electron chi connectivity index (χ4n) is 2.77. The van der Waals surface area contributed by atoms with Crippen LogP contribution in [0.2, 0.25) is 0 Å². The van der Waals surface area contributed by atoms with Crippen molar-refractivity contribution < 1.29 is 17.7 Å². The van der Waals surface area contributed by atoms with Crippen LogP contribution < -0.4 is 4.72 Å². The number of likely N-dealkylation sites (tertiary alicyclic amines) is 1. The van der Waals surface area contributed by atoms with E-state index >= 15 is 0 Å². The lowest BCUT2D eigenvalue weighted by atomic mass is 10.2. The van der Waals surface area contributed by atoms with Crippen LogP contribution in [0.25, 0.3) is 0 Å². The lowest BCUT2D eigenvalue weighted by Crippen LogP contribution is -2.41. The zero-order chi connectivity index (χ0) is 15.5. The molecule has 21 heavy (non-hydrogen) atoms. The fourth-order valence-corrected chi connectivity index (χ4v) is 4.16. The fraction of sp³-hybridized carbons (Fsp3) is 0.769. The third-order valence-corrected chi connectivity index (χ3v) is 5.49. The van der Waals surface area contributed by atoms with Gasteiger partial charge < -0.3 is 9.26 Å². The second-order valence-corrected chi connectivity index (χ2v) is 7.03. The van der Waals surface area contributed by atoms with Gasteiger partial charge in [0.15, 0.2) is 5.76 Å². The highest BCUT2D eigenvalue weighted by atomic mass is 32.2. The molecule has 1 aliphatic heterocycles. The highest BCUT2D eigenvalue weighted by molar-refractivity contribution is 7.89. The summed E-state index contributed by atoms with van der Waals surface area (Å²) in [4.78, 5) is 2.42. The molecular weight excluding hydrogens is 294 g/mol. The summed E-state index contributed by atoms with van der Waals surface area (Å²) >= 11 is 0. The molecule has 0 bridgehead atoms. The highest BCUT2D eigenvalue weighted by Gasteiger charge is 2.28. The van der Waals surface area contributed by atoms with E-state index < -0.39 is 10.0 Å². The lowest BCUT2D eigenvalue weighted by molar-refractivity contribution is 0.141. The van der Waals surface area contributed by atoms with Crippen molar-refractivity contribution in [3.63, 3.8) is 0 Å². The molecule has 0 amide bonds. The molecule has 120 valence electrons. The maximum Gasteiger partial charge on any atom is 0.246 e. The van der Waals surface area contributed by atoms with E-state index in [1.54, 1.807) is 21.0 Å². The number of nitrogens with zero attached hydrogens (tertiary/aromatic N) is 2. The van der Waals surface area contributed by atoms with Gasteiger partial charge in [-0.05, 0) is 33.2 Å². The van der Waals surface area contributed by atoms with Crippen molar-refractivity contribution in [2.75, 3.05) is 33.4 Å². The number of sulfonamides is 1. The van der Waals surface area contributed by atoms with Crippen LogP contribution in [0.1, 0.15) is 24.3 Å². The molecule has 2 heterocycles. The predicted octanol–water partition coefficient (Wildman–Crippen LogP) is 0.681. The normalized spacial score (nSPS) is 20.2. The molecule has 0 radical (unpaired) electrons. The van der Waals surface area contributed by atoms with Gasteiger partial charge in [0, 0.05) is 26.2 Å². The average Bonchev–Trinajstić information content (AvgIpc) is 3.01. The van der Waals surface area contributed by atoms with Gasteiger partial charge >= 0.3 is 0 Å². The van der Waals surface area contributed by atoms with Crippen LogP contribution in [-0.2, 0) is 14.8 Å². The molecule has 1 saturated heterocycles. The van der Waals surface area contributed by atoms with Crippen LogP contribution in [-0.4, -0.2) is 57.9 Å². The van der Waals surface area contributed by atoms with Crippen molar-refractivity contribution in [2.24, 2.45) is 0 Å². The Labute approximate surface area is 125 Å². The van der Waals surface area contributed by atoms with Crippen molar-refractivity contribution in [1.82, 2.24) is 14.8 Å². The number of ether oxygens (including phenoxy) is 1. The van der Waals surface area contributed by atoms with Crippen molar-refractivity contribution in [3.8, 4) is 0 Å². The maximum atomic E-state index is 12.4. The monoisotopic (exact) mass is 317 g/mol. The van der Waals surface area contributed by atoms with E-state index in [4.69, 9.17) is 9.26 Å². The highest BCUT2D eigenvalue weighted by Crippen LogP contribution is 2.20. The van der Waals surface area contributed by atoms with Gasteiger partial charge in [-0.25, -0.2) is 13.1 Å². The topological polar surface area (TPSA) is 84.7 Å². The summed E-state index contributed by atoms with van der Waals surface area (Å²) in [5, 5.41) is 3.70. The van der Waals surface area contributed by atoms with Gasteiger partial charge in [0.2, 0.25) is 10.0 Å². The number of nitrogens with one attached hydrogen (secondary N) is 1. The van der Waals surface area contributed by atoms with Crippen molar-refractivity contribution >= 4 is 10.0 Å². The largest absolute Gasteiger partial charge is 0.383 e. The van der Waals surface area contributed by atoms with E-state index in [1.807, 2.05) is 0 Å². The van der Waals surface area contributed by atoms with Crippen LogP contribution in [0.4, 0.5) is 0 Å². The lowest BCUT2D eigenvalue weighted by Gasteiger charge is -2.24. The summed E-state index contributed by atoms with van der Waals surface area (Å²) in [7, 11) is -1.90. The van der Waals surface area contributed by atoms with E-state index in [0.29, 0.717) is 24.6 Å². The SMILES string of the molecule is COCCN1CCCC1CNS(=O)(=O)c1c(C)noc1C. The van der Waals surface area contributed by atoms with Crippen LogP contribution >= 0.6 is 0 Å². The number of hydrogen-bond acceptors (Lipinski definition) is 6. The van der Waals surface area contributed by atoms with E-state index in [-0.39, 0.29) is 10.9 Å². The second-order valence-electron chi connectivity index (χ2n) is 5.33. The predicted molar refractivity (Wildman–Crippen MR) is 77.6 cm³/mol. The van der Waals surface area contributed by atoms with Gasteiger partial charge in [-0.2, -0.15) is 0 Å². The van der Waals surface area contributed by atoms with Gasteiger partial charge in [-0.15, -0.1) is 0 Å². The number of aromatic nitrogens is 1. The van der Waals surface area contributed by atoms with Crippen LogP contribution in [0.3, 0.4) is 0 Å². The van der Waals surface area contributed by atoms with Gasteiger partial charge in [-0.3, -0.25) is 4.90 Å². The van der Waals surface area contributed by atoms with E-state index in [0.717, 1.165) is 25.9 Å². The molecule has 1 unspecified atom stereocenters. The summed E-state index contributed by atoms with van der Waals surface area (Å²) in [6.45, 7) is 6.11. The first-order valence-corrected chi connectivity index (χ1v) is 8.59. The van der Waals surface area contributed by atoms with Gasteiger partial charge in [0.25, 0.3) is 0 Å². The Morgan fingerprint density at radius 2 is 2.24 bits per heavy atom. The number of hydrogen-bond donors (Lipinski definition) is 1. The minimum Gasteiger partial charge on any atom is -0.383 e. The third kappa shape index (κ3) is 3.82. The molecule has 0 spiro atoms. The Kier molecular flexibility index (Phi) is 5.37. The summed E-state index contributed by atoms with van der Waals surface area (Å²) in [5.41, 5.74) is 0.391. The smallest absolute Gasteiger partial charge is 0.246 e. The molecule has 8 heteroatoms. The second kappa shape index (κ2) is 6.87. The summed E-state index contributed by atoms with van der Waals surface area (Å²) in [6.07, 6.45) is 2.08. The summed E-state index contributed by atoms with van der Waals surface area (Å²) in [5.74, 6) is 0.322. The zero-order valence-electron chi connectivity index (χ0n) is 12.8. The zero-order valence-corrected chi connectivity index (χ0v) is 13.6. The molecule has 1 atom stereocenters. The molecule has 0 saturated carbocycles. The first-order valence-electron chi connectivity index (χ1n) is 7.11. The van der Waals surface area contributed by atoms with Gasteiger partial charge in [-0.1, -0.05) is 5.16 Å². The van der Waals surface area contributed by atoms with Crippen molar-refractivity contribution in [1.29, 1.82) is 0 Å². The first kappa shape index (κ1) is 16.4. The Balaban J connectivity index is 1.99. The molecular formula is C13H23N3O4S. The minimum atomic E-state index is -3.57. The molecule has 0 aliphatic carbocycles. The minimum absolute atomic E-state index is 0.156. The Bertz CT molecular complexity index is 550. The number of methoxy groups -OCH3 is 1.